The van der Waals surface area contributed by atoms with Crippen LogP contribution in [0.4, 0.5) is 5.69 Å². The van der Waals surface area contributed by atoms with Gasteiger partial charge in [-0.05, 0) is 30.2 Å². The standard InChI is InChI=1S/C15H26N4O5S2/c1-12(2)11-18-15(16)17-9-10-24-14-7-5-13(6-8-14)19(25(3,20)21)26(4,22)23/h5-8,12H,9-11H2,1-4H3,(H3,16,17,18). The third-order valence-electron chi connectivity index (χ3n) is 2.95. The van der Waals surface area contributed by atoms with Crippen LogP contribution in [0.3, 0.4) is 0 Å². The van der Waals surface area contributed by atoms with Crippen LogP contribution in [0.15, 0.2) is 29.3 Å². The quantitative estimate of drug-likeness (QED) is 0.344. The van der Waals surface area contributed by atoms with E-state index in [1.54, 1.807) is 0 Å². The lowest BCUT2D eigenvalue weighted by Gasteiger charge is -2.19. The Bertz CT molecular complexity index is 786. The lowest BCUT2D eigenvalue weighted by Crippen LogP contribution is -2.35. The summed E-state index contributed by atoms with van der Waals surface area (Å²) in [5.41, 5.74) is 5.72. The molecule has 1 rings (SSSR count). The number of hydrogen-bond donors (Lipinski definition) is 2. The molecule has 9 nitrogen and oxygen atoms in total. The summed E-state index contributed by atoms with van der Waals surface area (Å²) in [7, 11) is -7.93. The molecule has 0 fully saturated rings. The van der Waals surface area contributed by atoms with Crippen LogP contribution in [0, 0.1) is 5.92 Å². The van der Waals surface area contributed by atoms with Crippen molar-refractivity contribution in [1.29, 1.82) is 0 Å². The fourth-order valence-corrected chi connectivity index (χ4v) is 4.95. The van der Waals surface area contributed by atoms with Gasteiger partial charge in [-0.2, -0.15) is 3.71 Å². The van der Waals surface area contributed by atoms with Crippen molar-refractivity contribution in [2.75, 3.05) is 35.9 Å². The summed E-state index contributed by atoms with van der Waals surface area (Å²) in [5.74, 6) is 1.23. The SMILES string of the molecule is CC(C)CN=C(N)NCCOc1ccc(N(S(C)(=O)=O)S(C)(=O)=O)cc1. The maximum absolute atomic E-state index is 11.7. The van der Waals surface area contributed by atoms with Crippen molar-refractivity contribution in [3.63, 3.8) is 0 Å². The molecular formula is C15H26N4O5S2. The van der Waals surface area contributed by atoms with Gasteiger partial charge in [-0.15, -0.1) is 0 Å². The zero-order chi connectivity index (χ0) is 20.0. The van der Waals surface area contributed by atoms with Gasteiger partial charge in [0.15, 0.2) is 5.96 Å². The number of ether oxygens (including phenoxy) is 1. The normalized spacial score (nSPS) is 12.9. The van der Waals surface area contributed by atoms with E-state index in [-0.39, 0.29) is 5.69 Å². The number of guanidine groups is 1. The van der Waals surface area contributed by atoms with Gasteiger partial charge in [-0.1, -0.05) is 13.8 Å². The van der Waals surface area contributed by atoms with Crippen molar-refractivity contribution in [3.8, 4) is 5.75 Å². The van der Waals surface area contributed by atoms with Crippen molar-refractivity contribution in [1.82, 2.24) is 5.32 Å². The number of anilines is 1. The Morgan fingerprint density at radius 2 is 1.69 bits per heavy atom. The van der Waals surface area contributed by atoms with E-state index in [9.17, 15) is 16.8 Å². The Labute approximate surface area is 155 Å². The second-order valence-electron chi connectivity index (χ2n) is 6.11. The summed E-state index contributed by atoms with van der Waals surface area (Å²) in [5, 5.41) is 2.91. The largest absolute Gasteiger partial charge is 0.492 e. The van der Waals surface area contributed by atoms with Crippen LogP contribution in [0.5, 0.6) is 5.75 Å². The smallest absolute Gasteiger partial charge is 0.245 e. The lowest BCUT2D eigenvalue weighted by molar-refractivity contribution is 0.322. The lowest BCUT2D eigenvalue weighted by atomic mass is 10.2. The van der Waals surface area contributed by atoms with E-state index in [0.29, 0.717) is 41.0 Å². The van der Waals surface area contributed by atoms with Gasteiger partial charge in [-0.3, -0.25) is 4.99 Å². The average Bonchev–Trinajstić information content (AvgIpc) is 2.48. The highest BCUT2D eigenvalue weighted by atomic mass is 32.3. The van der Waals surface area contributed by atoms with Crippen LogP contribution < -0.4 is 19.5 Å². The highest BCUT2D eigenvalue weighted by Gasteiger charge is 2.27. The van der Waals surface area contributed by atoms with Gasteiger partial charge < -0.3 is 15.8 Å². The van der Waals surface area contributed by atoms with Gasteiger partial charge in [-0.25, -0.2) is 16.8 Å². The molecule has 0 saturated carbocycles. The molecular weight excluding hydrogens is 380 g/mol. The van der Waals surface area contributed by atoms with Crippen LogP contribution >= 0.6 is 0 Å². The Kier molecular flexibility index (Phi) is 7.69. The van der Waals surface area contributed by atoms with E-state index in [1.807, 2.05) is 13.8 Å². The Hall–Kier alpha value is -2.01. The van der Waals surface area contributed by atoms with Crippen LogP contribution in [-0.2, 0) is 20.0 Å². The van der Waals surface area contributed by atoms with Crippen molar-refractivity contribution in [2.24, 2.45) is 16.6 Å². The predicted octanol–water partition coefficient (Wildman–Crippen LogP) is 0.351. The maximum Gasteiger partial charge on any atom is 0.245 e. The highest BCUT2D eigenvalue weighted by Crippen LogP contribution is 2.23. The molecule has 148 valence electrons. The van der Waals surface area contributed by atoms with E-state index in [0.717, 1.165) is 12.5 Å². The summed E-state index contributed by atoms with van der Waals surface area (Å²) >= 11 is 0. The van der Waals surface area contributed by atoms with E-state index in [4.69, 9.17) is 10.5 Å². The van der Waals surface area contributed by atoms with E-state index < -0.39 is 20.0 Å². The number of benzene rings is 1. The highest BCUT2D eigenvalue weighted by molar-refractivity contribution is 8.09. The molecule has 0 aromatic heterocycles. The van der Waals surface area contributed by atoms with Gasteiger partial charge in [0.2, 0.25) is 20.0 Å². The van der Waals surface area contributed by atoms with Crippen molar-refractivity contribution in [2.45, 2.75) is 13.8 Å². The molecule has 1 aromatic rings. The Morgan fingerprint density at radius 1 is 1.15 bits per heavy atom. The minimum absolute atomic E-state index is 0.0190. The number of sulfonamides is 2. The monoisotopic (exact) mass is 406 g/mol. The van der Waals surface area contributed by atoms with E-state index >= 15 is 0 Å². The molecule has 0 bridgehead atoms. The van der Waals surface area contributed by atoms with Crippen molar-refractivity contribution >= 4 is 31.7 Å². The molecule has 0 heterocycles. The van der Waals surface area contributed by atoms with E-state index in [1.165, 1.54) is 24.3 Å². The summed E-state index contributed by atoms with van der Waals surface area (Å²) in [4.78, 5) is 4.15. The molecule has 0 atom stereocenters. The van der Waals surface area contributed by atoms with Crippen LogP contribution in [0.1, 0.15) is 13.8 Å². The molecule has 0 spiro atoms. The van der Waals surface area contributed by atoms with Gasteiger partial charge >= 0.3 is 0 Å². The molecule has 0 radical (unpaired) electrons. The molecule has 0 unspecified atom stereocenters. The molecule has 0 saturated heterocycles. The molecule has 1 aromatic carbocycles. The molecule has 0 aliphatic rings. The first-order valence-electron chi connectivity index (χ1n) is 7.88. The average molecular weight is 407 g/mol. The van der Waals surface area contributed by atoms with E-state index in [2.05, 4.69) is 10.3 Å². The molecule has 0 aliphatic carbocycles. The zero-order valence-electron chi connectivity index (χ0n) is 15.3. The van der Waals surface area contributed by atoms with Crippen molar-refractivity contribution < 1.29 is 21.6 Å². The molecule has 3 N–H and O–H groups in total. The number of nitrogens with zero attached hydrogens (tertiary/aromatic N) is 2. The molecule has 26 heavy (non-hydrogen) atoms. The first kappa shape index (κ1) is 22.0. The molecule has 0 aliphatic heterocycles. The number of aliphatic imine (C=N–C) groups is 1. The summed E-state index contributed by atoms with van der Waals surface area (Å²) in [6, 6.07) is 5.72. The van der Waals surface area contributed by atoms with Gasteiger partial charge in [0.25, 0.3) is 0 Å². The number of rotatable bonds is 9. The van der Waals surface area contributed by atoms with Crippen LogP contribution in [-0.4, -0.2) is 55.0 Å². The second kappa shape index (κ2) is 9.08. The van der Waals surface area contributed by atoms with Crippen LogP contribution in [0.2, 0.25) is 0 Å². The number of hydrogen-bond acceptors (Lipinski definition) is 6. The predicted molar refractivity (Wildman–Crippen MR) is 103 cm³/mol. The summed E-state index contributed by atoms with van der Waals surface area (Å²) < 4.78 is 52.7. The second-order valence-corrected chi connectivity index (χ2v) is 10.0. The molecule has 11 heteroatoms. The Morgan fingerprint density at radius 3 is 2.15 bits per heavy atom. The third-order valence-corrected chi connectivity index (χ3v) is 6.20. The first-order chi connectivity index (χ1) is 11.9. The number of nitrogens with one attached hydrogen (secondary N) is 1. The summed E-state index contributed by atoms with van der Waals surface area (Å²) in [6.45, 7) is 5.46. The van der Waals surface area contributed by atoms with Crippen LogP contribution in [0.25, 0.3) is 0 Å². The van der Waals surface area contributed by atoms with Crippen molar-refractivity contribution in [3.05, 3.63) is 24.3 Å². The topological polar surface area (TPSA) is 131 Å². The van der Waals surface area contributed by atoms with Gasteiger partial charge in [0, 0.05) is 6.54 Å². The zero-order valence-corrected chi connectivity index (χ0v) is 17.0. The van der Waals surface area contributed by atoms with Gasteiger partial charge in [0.05, 0.1) is 24.7 Å². The summed E-state index contributed by atoms with van der Waals surface area (Å²) in [6.07, 6.45) is 1.66. The maximum atomic E-state index is 11.7. The minimum atomic E-state index is -3.96. The third kappa shape index (κ3) is 7.48. The first-order valence-corrected chi connectivity index (χ1v) is 11.6. The molecule has 0 amide bonds. The number of nitrogens with two attached hydrogens (primary N) is 1. The fourth-order valence-electron chi connectivity index (χ4n) is 1.98. The minimum Gasteiger partial charge on any atom is -0.492 e. The van der Waals surface area contributed by atoms with Gasteiger partial charge in [0.1, 0.15) is 12.4 Å². The fraction of sp³-hybridized carbons (Fsp3) is 0.533. The Balaban J connectivity index is 2.64.